The van der Waals surface area contributed by atoms with Crippen molar-refractivity contribution >= 4 is 39.6 Å². The van der Waals surface area contributed by atoms with Gasteiger partial charge in [0.2, 0.25) is 17.7 Å². The highest BCUT2D eigenvalue weighted by Crippen LogP contribution is 2.30. The van der Waals surface area contributed by atoms with E-state index in [0.717, 1.165) is 11.1 Å². The van der Waals surface area contributed by atoms with Gasteiger partial charge in [-0.15, -0.1) is 0 Å². The quantitative estimate of drug-likeness (QED) is 0.368. The lowest BCUT2D eigenvalue weighted by Crippen LogP contribution is -2.56. The first-order chi connectivity index (χ1) is 20.8. The van der Waals surface area contributed by atoms with Gasteiger partial charge in [0.05, 0.1) is 18.2 Å². The molecule has 0 aromatic heterocycles. The lowest BCUT2D eigenvalue weighted by atomic mass is 10.00. The third-order valence-corrected chi connectivity index (χ3v) is 9.46. The number of nitrogens with zero attached hydrogens (tertiary/aromatic N) is 2. The number of nitrogens with one attached hydrogen (secondary N) is 3. The molecule has 0 fully saturated rings. The molecule has 3 atom stereocenters. The molecule has 0 saturated carbocycles. The average molecular weight is 628 g/mol. The number of aryl methyl sites for hydroxylation is 2. The molecule has 2 aliphatic heterocycles. The molecule has 44 heavy (non-hydrogen) atoms. The van der Waals surface area contributed by atoms with Crippen LogP contribution < -0.4 is 16.0 Å². The molecule has 2 aromatic rings. The Balaban J connectivity index is 1.52. The standard InChI is InChI=1S/C30H37N5O8S/c1-18-10-11-22-15-21(18)7-6-13-31-25(37)17-34(16-19(2)32-29(40)27(20(3)36)33-28(22)39)26(38)12-14-35-30(41)23-8-4-5-9-24(23)44(35,42)43/h4-5,8-11,15,19-20,27,36H,6-7,12-14,16-17H2,1-3H3,(H,31,37)(H,32,40)(H,33,39)/t19-,20-,27+/m1/s1. The van der Waals surface area contributed by atoms with Crippen molar-refractivity contribution < 1.29 is 37.5 Å². The zero-order chi connectivity index (χ0) is 32.2. The highest BCUT2D eigenvalue weighted by Gasteiger charge is 2.41. The van der Waals surface area contributed by atoms with Crippen molar-refractivity contribution in [2.45, 2.75) is 63.1 Å². The Kier molecular flexibility index (Phi) is 10.0. The zero-order valence-corrected chi connectivity index (χ0v) is 25.6. The molecule has 236 valence electrons. The summed E-state index contributed by atoms with van der Waals surface area (Å²) in [6, 6.07) is 8.89. The molecular weight excluding hydrogens is 590 g/mol. The van der Waals surface area contributed by atoms with Crippen molar-refractivity contribution in [2.75, 3.05) is 26.2 Å². The molecule has 0 aliphatic carbocycles. The number of carbonyl (C=O) groups excluding carboxylic acids is 5. The molecule has 2 aromatic carbocycles. The number of benzene rings is 2. The van der Waals surface area contributed by atoms with Crippen molar-refractivity contribution in [3.63, 3.8) is 0 Å². The van der Waals surface area contributed by atoms with Crippen LogP contribution in [0, 0.1) is 6.92 Å². The fourth-order valence-electron chi connectivity index (χ4n) is 5.22. The molecule has 0 unspecified atom stereocenters. The predicted molar refractivity (Wildman–Crippen MR) is 159 cm³/mol. The maximum atomic E-state index is 13.4. The van der Waals surface area contributed by atoms with Gasteiger partial charge in [0.15, 0.2) is 0 Å². The van der Waals surface area contributed by atoms with E-state index in [1.165, 1.54) is 30.0 Å². The van der Waals surface area contributed by atoms with E-state index in [9.17, 15) is 37.5 Å². The highest BCUT2D eigenvalue weighted by atomic mass is 32.2. The first-order valence-electron chi connectivity index (χ1n) is 14.4. The minimum Gasteiger partial charge on any atom is -0.391 e. The van der Waals surface area contributed by atoms with Crippen molar-refractivity contribution in [1.82, 2.24) is 25.2 Å². The summed E-state index contributed by atoms with van der Waals surface area (Å²) >= 11 is 0. The maximum absolute atomic E-state index is 13.4. The summed E-state index contributed by atoms with van der Waals surface area (Å²) in [4.78, 5) is 66.2. The number of aliphatic hydroxyl groups excluding tert-OH is 1. The molecule has 2 bridgehead atoms. The third kappa shape index (κ3) is 7.25. The topological polar surface area (TPSA) is 182 Å². The van der Waals surface area contributed by atoms with Crippen LogP contribution >= 0.6 is 0 Å². The second-order valence-electron chi connectivity index (χ2n) is 11.1. The van der Waals surface area contributed by atoms with Crippen LogP contribution in [-0.2, 0) is 30.8 Å². The van der Waals surface area contributed by atoms with Gasteiger partial charge in [-0.2, -0.15) is 0 Å². The molecule has 13 nitrogen and oxygen atoms in total. The summed E-state index contributed by atoms with van der Waals surface area (Å²) in [5.41, 5.74) is 2.18. The van der Waals surface area contributed by atoms with Gasteiger partial charge in [0.1, 0.15) is 10.9 Å². The number of aliphatic hydroxyl groups is 1. The molecule has 4 rings (SSSR count). The van der Waals surface area contributed by atoms with Crippen molar-refractivity contribution in [1.29, 1.82) is 0 Å². The first kappa shape index (κ1) is 32.6. The highest BCUT2D eigenvalue weighted by molar-refractivity contribution is 7.90. The number of sulfonamides is 1. The maximum Gasteiger partial charge on any atom is 0.269 e. The van der Waals surface area contributed by atoms with Gasteiger partial charge in [0.25, 0.3) is 21.8 Å². The van der Waals surface area contributed by atoms with Gasteiger partial charge >= 0.3 is 0 Å². The fraction of sp³-hybridized carbons (Fsp3) is 0.433. The number of carbonyl (C=O) groups is 5. The van der Waals surface area contributed by atoms with Gasteiger partial charge < -0.3 is 26.0 Å². The largest absolute Gasteiger partial charge is 0.391 e. The summed E-state index contributed by atoms with van der Waals surface area (Å²) in [6.45, 7) is 4.21. The summed E-state index contributed by atoms with van der Waals surface area (Å²) < 4.78 is 26.5. The number of fused-ring (bicyclic) bond motifs is 3. The Bertz CT molecular complexity index is 1570. The van der Waals surface area contributed by atoms with Crippen LogP contribution in [0.4, 0.5) is 0 Å². The van der Waals surface area contributed by atoms with E-state index >= 15 is 0 Å². The third-order valence-electron chi connectivity index (χ3n) is 7.62. The van der Waals surface area contributed by atoms with Crippen LogP contribution in [-0.4, -0.2) is 96.6 Å². The van der Waals surface area contributed by atoms with E-state index in [2.05, 4.69) is 16.0 Å². The van der Waals surface area contributed by atoms with Gasteiger partial charge in [-0.05, 0) is 69.0 Å². The second-order valence-corrected chi connectivity index (χ2v) is 12.9. The van der Waals surface area contributed by atoms with E-state index in [1.54, 1.807) is 31.2 Å². The van der Waals surface area contributed by atoms with Crippen molar-refractivity contribution in [3.8, 4) is 0 Å². The Hall–Kier alpha value is -4.30. The molecule has 4 N–H and O–H groups in total. The molecule has 2 heterocycles. The van der Waals surface area contributed by atoms with Gasteiger partial charge in [-0.1, -0.05) is 18.2 Å². The van der Waals surface area contributed by atoms with Crippen LogP contribution in [0.5, 0.6) is 0 Å². The Morgan fingerprint density at radius 2 is 1.82 bits per heavy atom. The first-order valence-corrected chi connectivity index (χ1v) is 15.8. The van der Waals surface area contributed by atoms with Gasteiger partial charge in [-0.25, -0.2) is 12.7 Å². The smallest absolute Gasteiger partial charge is 0.269 e. The molecular formula is C30H37N5O8S. The summed E-state index contributed by atoms with van der Waals surface area (Å²) in [5, 5.41) is 18.3. The van der Waals surface area contributed by atoms with E-state index in [-0.39, 0.29) is 23.5 Å². The predicted octanol–water partition coefficient (Wildman–Crippen LogP) is 0.105. The number of hydrogen-bond donors (Lipinski definition) is 4. The lowest BCUT2D eigenvalue weighted by molar-refractivity contribution is -0.137. The average Bonchev–Trinajstić information content (AvgIpc) is 3.16. The van der Waals surface area contributed by atoms with E-state index in [1.807, 2.05) is 6.92 Å². The molecule has 14 heteroatoms. The van der Waals surface area contributed by atoms with Crippen LogP contribution in [0.15, 0.2) is 47.4 Å². The number of rotatable bonds is 4. The lowest BCUT2D eigenvalue weighted by Gasteiger charge is -2.28. The van der Waals surface area contributed by atoms with Gasteiger partial charge in [0, 0.05) is 37.7 Å². The van der Waals surface area contributed by atoms with Crippen molar-refractivity contribution in [2.24, 2.45) is 0 Å². The van der Waals surface area contributed by atoms with E-state index < -0.39 is 70.7 Å². The van der Waals surface area contributed by atoms with Gasteiger partial charge in [-0.3, -0.25) is 24.0 Å². The fourth-order valence-corrected chi connectivity index (χ4v) is 6.79. The Morgan fingerprint density at radius 1 is 1.09 bits per heavy atom. The molecule has 0 spiro atoms. The molecule has 0 saturated heterocycles. The Labute approximate surface area is 256 Å². The minimum absolute atomic E-state index is 0.0258. The zero-order valence-electron chi connectivity index (χ0n) is 24.8. The van der Waals surface area contributed by atoms with Crippen LogP contribution in [0.25, 0.3) is 0 Å². The second kappa shape index (κ2) is 13.6. The van der Waals surface area contributed by atoms with E-state index in [4.69, 9.17) is 0 Å². The van der Waals surface area contributed by atoms with Crippen LogP contribution in [0.2, 0.25) is 0 Å². The molecule has 5 amide bonds. The normalized spacial score (nSPS) is 21.9. The Morgan fingerprint density at radius 3 is 2.52 bits per heavy atom. The summed E-state index contributed by atoms with van der Waals surface area (Å²) in [6.07, 6.45) is -0.540. The van der Waals surface area contributed by atoms with Crippen LogP contribution in [0.3, 0.4) is 0 Å². The number of hydrogen-bond acceptors (Lipinski definition) is 8. The SMILES string of the molecule is Cc1ccc2cc1CCCNC(=O)CN(C(=O)CCN1C(=O)c3ccccc3S1(=O)=O)C[C@@H](C)NC(=O)[C@H]([C@@H](C)O)NC2=O. The van der Waals surface area contributed by atoms with Crippen LogP contribution in [0.1, 0.15) is 58.5 Å². The number of amides is 5. The molecule has 0 radical (unpaired) electrons. The minimum atomic E-state index is -4.12. The summed E-state index contributed by atoms with van der Waals surface area (Å²) in [5.74, 6) is -3.03. The monoisotopic (exact) mass is 627 g/mol. The van der Waals surface area contributed by atoms with E-state index in [0.29, 0.717) is 29.3 Å². The van der Waals surface area contributed by atoms with Crippen molar-refractivity contribution in [3.05, 3.63) is 64.7 Å². The molecule has 2 aliphatic rings. The summed E-state index contributed by atoms with van der Waals surface area (Å²) in [7, 11) is -4.12.